The van der Waals surface area contributed by atoms with Gasteiger partial charge in [-0.1, -0.05) is 64.7 Å². The first-order chi connectivity index (χ1) is 9.33. The van der Waals surface area contributed by atoms with Crippen LogP contribution in [0, 0.1) is 6.92 Å². The Kier molecular flexibility index (Phi) is 8.62. The van der Waals surface area contributed by atoms with Gasteiger partial charge in [0, 0.05) is 0 Å². The molecule has 0 amide bonds. The molecule has 0 aliphatic rings. The molecule has 0 aromatic heterocycles. The smallest absolute Gasteiger partial charge is 0.0273 e. The molecule has 0 aliphatic carbocycles. The SMILES string of the molecule is [CH2]CCc1c(CCCCC)cccc1CCCCC. The van der Waals surface area contributed by atoms with Crippen LogP contribution in [0.3, 0.4) is 0 Å². The fourth-order valence-electron chi connectivity index (χ4n) is 2.79. The normalized spacial score (nSPS) is 10.9. The number of unbranched alkanes of at least 4 members (excludes halogenated alkanes) is 4. The highest BCUT2D eigenvalue weighted by atomic mass is 14.1. The molecule has 0 aliphatic heterocycles. The van der Waals surface area contributed by atoms with Gasteiger partial charge in [-0.3, -0.25) is 0 Å². The van der Waals surface area contributed by atoms with E-state index < -0.39 is 0 Å². The molecular weight excluding hydrogens is 228 g/mol. The first kappa shape index (κ1) is 16.3. The quantitative estimate of drug-likeness (QED) is 0.458. The minimum atomic E-state index is 1.02. The van der Waals surface area contributed by atoms with Crippen molar-refractivity contribution >= 4 is 0 Å². The van der Waals surface area contributed by atoms with Crippen LogP contribution in [0.5, 0.6) is 0 Å². The van der Waals surface area contributed by atoms with E-state index in [1.54, 1.807) is 16.7 Å². The van der Waals surface area contributed by atoms with Gasteiger partial charge in [0.1, 0.15) is 0 Å². The van der Waals surface area contributed by atoms with E-state index in [2.05, 4.69) is 39.0 Å². The molecule has 0 saturated heterocycles. The molecule has 0 N–H and O–H groups in total. The number of rotatable bonds is 10. The molecule has 0 fully saturated rings. The molecule has 1 radical (unpaired) electrons. The van der Waals surface area contributed by atoms with Gasteiger partial charge in [-0.15, -0.1) is 0 Å². The lowest BCUT2D eigenvalue weighted by atomic mass is 9.91. The Balaban J connectivity index is 2.74. The second-order valence-corrected chi connectivity index (χ2v) is 5.57. The Labute approximate surface area is 120 Å². The number of aryl methyl sites for hydroxylation is 2. The van der Waals surface area contributed by atoms with E-state index in [0.29, 0.717) is 0 Å². The average molecular weight is 259 g/mol. The fourth-order valence-corrected chi connectivity index (χ4v) is 2.79. The summed E-state index contributed by atoms with van der Waals surface area (Å²) in [6.45, 7) is 8.61. The third-order valence-electron chi connectivity index (χ3n) is 3.90. The number of hydrogen-bond donors (Lipinski definition) is 0. The van der Waals surface area contributed by atoms with Crippen LogP contribution in [0.4, 0.5) is 0 Å². The van der Waals surface area contributed by atoms with Crippen molar-refractivity contribution in [2.75, 3.05) is 0 Å². The van der Waals surface area contributed by atoms with Crippen LogP contribution < -0.4 is 0 Å². The minimum absolute atomic E-state index is 1.02. The molecule has 0 unspecified atom stereocenters. The predicted molar refractivity (Wildman–Crippen MR) is 86.6 cm³/mol. The summed E-state index contributed by atoms with van der Waals surface area (Å²) in [5.41, 5.74) is 4.79. The summed E-state index contributed by atoms with van der Waals surface area (Å²) in [4.78, 5) is 0. The molecule has 0 nitrogen and oxygen atoms in total. The Morgan fingerprint density at radius 3 is 1.74 bits per heavy atom. The van der Waals surface area contributed by atoms with E-state index in [9.17, 15) is 0 Å². The highest BCUT2D eigenvalue weighted by Crippen LogP contribution is 2.21. The molecule has 0 spiro atoms. The molecule has 0 bridgehead atoms. The summed E-state index contributed by atoms with van der Waals surface area (Å²) in [7, 11) is 0. The number of hydrogen-bond acceptors (Lipinski definition) is 0. The van der Waals surface area contributed by atoms with E-state index in [-0.39, 0.29) is 0 Å². The second kappa shape index (κ2) is 10.1. The number of benzene rings is 1. The van der Waals surface area contributed by atoms with E-state index in [4.69, 9.17) is 0 Å². The van der Waals surface area contributed by atoms with Gasteiger partial charge < -0.3 is 0 Å². The van der Waals surface area contributed by atoms with Crippen LogP contribution >= 0.6 is 0 Å². The van der Waals surface area contributed by atoms with Crippen LogP contribution in [0.15, 0.2) is 18.2 Å². The van der Waals surface area contributed by atoms with Crippen molar-refractivity contribution in [1.29, 1.82) is 0 Å². The molecule has 0 saturated carbocycles. The third kappa shape index (κ3) is 5.80. The van der Waals surface area contributed by atoms with Crippen LogP contribution in [0.2, 0.25) is 0 Å². The summed E-state index contributed by atoms with van der Waals surface area (Å²) in [5.74, 6) is 0. The molecule has 1 rings (SSSR count). The molecule has 0 atom stereocenters. The highest BCUT2D eigenvalue weighted by molar-refractivity contribution is 5.36. The van der Waals surface area contributed by atoms with Gasteiger partial charge in [-0.25, -0.2) is 0 Å². The van der Waals surface area contributed by atoms with Gasteiger partial charge in [0.2, 0.25) is 0 Å². The minimum Gasteiger partial charge on any atom is -0.0654 e. The van der Waals surface area contributed by atoms with Crippen molar-refractivity contribution in [3.8, 4) is 0 Å². The Morgan fingerprint density at radius 1 is 0.789 bits per heavy atom. The van der Waals surface area contributed by atoms with E-state index in [1.807, 2.05) is 0 Å². The van der Waals surface area contributed by atoms with Crippen molar-refractivity contribution in [2.45, 2.75) is 78.1 Å². The maximum Gasteiger partial charge on any atom is -0.0273 e. The first-order valence-corrected chi connectivity index (χ1v) is 8.22. The van der Waals surface area contributed by atoms with Crippen molar-refractivity contribution < 1.29 is 0 Å². The van der Waals surface area contributed by atoms with Gasteiger partial charge in [-0.05, 0) is 55.2 Å². The van der Waals surface area contributed by atoms with Gasteiger partial charge in [0.05, 0.1) is 0 Å². The zero-order chi connectivity index (χ0) is 13.9. The van der Waals surface area contributed by atoms with Crippen LogP contribution in [-0.4, -0.2) is 0 Å². The van der Waals surface area contributed by atoms with Gasteiger partial charge in [0.25, 0.3) is 0 Å². The Bertz CT molecular complexity index is 310. The lowest BCUT2D eigenvalue weighted by Gasteiger charge is -2.14. The molecule has 1 aromatic rings. The van der Waals surface area contributed by atoms with Gasteiger partial charge in [-0.2, -0.15) is 0 Å². The summed E-state index contributed by atoms with van der Waals surface area (Å²) in [6, 6.07) is 6.93. The zero-order valence-corrected chi connectivity index (χ0v) is 13.0. The standard InChI is InChI=1S/C19H31/c1-4-7-9-13-17-15-11-16-18(14-10-8-5-2)19(17)12-6-3/h11,15-16H,3-10,12-14H2,1-2H3. The van der Waals surface area contributed by atoms with Crippen molar-refractivity contribution in [3.63, 3.8) is 0 Å². The van der Waals surface area contributed by atoms with E-state index in [0.717, 1.165) is 12.8 Å². The largest absolute Gasteiger partial charge is 0.0654 e. The topological polar surface area (TPSA) is 0 Å². The maximum absolute atomic E-state index is 4.06. The molecule has 107 valence electrons. The van der Waals surface area contributed by atoms with Crippen LogP contribution in [0.25, 0.3) is 0 Å². The maximum atomic E-state index is 4.06. The van der Waals surface area contributed by atoms with Crippen LogP contribution in [-0.2, 0) is 19.3 Å². The molecule has 0 heteroatoms. The Morgan fingerprint density at radius 2 is 1.32 bits per heavy atom. The first-order valence-electron chi connectivity index (χ1n) is 8.22. The molecule has 19 heavy (non-hydrogen) atoms. The van der Waals surface area contributed by atoms with Gasteiger partial charge >= 0.3 is 0 Å². The lowest BCUT2D eigenvalue weighted by molar-refractivity contribution is 0.699. The summed E-state index contributed by atoms with van der Waals surface area (Å²) in [5, 5.41) is 0. The predicted octanol–water partition coefficient (Wildman–Crippen LogP) is 5.92. The fraction of sp³-hybridized carbons (Fsp3) is 0.632. The second-order valence-electron chi connectivity index (χ2n) is 5.57. The molecule has 1 aromatic carbocycles. The van der Waals surface area contributed by atoms with Crippen molar-refractivity contribution in [2.24, 2.45) is 0 Å². The van der Waals surface area contributed by atoms with Crippen LogP contribution in [0.1, 0.15) is 75.5 Å². The zero-order valence-electron chi connectivity index (χ0n) is 13.0. The average Bonchev–Trinajstić information content (AvgIpc) is 2.42. The summed E-state index contributed by atoms with van der Waals surface area (Å²) >= 11 is 0. The van der Waals surface area contributed by atoms with Crippen molar-refractivity contribution in [3.05, 3.63) is 41.8 Å². The molecule has 0 heterocycles. The highest BCUT2D eigenvalue weighted by Gasteiger charge is 2.07. The van der Waals surface area contributed by atoms with E-state index >= 15 is 0 Å². The van der Waals surface area contributed by atoms with Crippen molar-refractivity contribution in [1.82, 2.24) is 0 Å². The third-order valence-corrected chi connectivity index (χ3v) is 3.90. The lowest BCUT2D eigenvalue weighted by Crippen LogP contribution is -2.01. The summed E-state index contributed by atoms with van der Waals surface area (Å²) in [6.07, 6.45) is 12.7. The molecular formula is C19H31. The summed E-state index contributed by atoms with van der Waals surface area (Å²) < 4.78 is 0. The Hall–Kier alpha value is -0.780. The monoisotopic (exact) mass is 259 g/mol. The van der Waals surface area contributed by atoms with Gasteiger partial charge in [0.15, 0.2) is 0 Å². The van der Waals surface area contributed by atoms with E-state index in [1.165, 1.54) is 51.4 Å².